The van der Waals surface area contributed by atoms with Crippen LogP contribution in [-0.4, -0.2) is 9.97 Å². The first kappa shape index (κ1) is 10.4. The second-order valence-corrected chi connectivity index (χ2v) is 5.09. The van der Waals surface area contributed by atoms with E-state index in [1.165, 1.54) is 4.88 Å². The number of hydrogen-bond donors (Lipinski definition) is 1. The molecule has 0 radical (unpaired) electrons. The summed E-state index contributed by atoms with van der Waals surface area (Å²) in [5.74, 6) is 1.85. The van der Waals surface area contributed by atoms with Gasteiger partial charge in [0, 0.05) is 10.8 Å². The van der Waals surface area contributed by atoms with E-state index >= 15 is 0 Å². The molecule has 0 aliphatic rings. The van der Waals surface area contributed by atoms with Crippen molar-refractivity contribution >= 4 is 27.4 Å². The van der Waals surface area contributed by atoms with Crippen LogP contribution in [0.1, 0.15) is 36.9 Å². The largest absolute Gasteiger partial charge is 0.383 e. The first-order valence-corrected chi connectivity index (χ1v) is 5.97. The molecule has 1 unspecified atom stereocenters. The van der Waals surface area contributed by atoms with Crippen molar-refractivity contribution in [2.24, 2.45) is 0 Å². The van der Waals surface area contributed by atoms with E-state index in [-0.39, 0.29) is 0 Å². The fourth-order valence-electron chi connectivity index (χ4n) is 1.48. The van der Waals surface area contributed by atoms with Gasteiger partial charge in [0.2, 0.25) is 0 Å². The highest BCUT2D eigenvalue weighted by atomic mass is 32.1. The van der Waals surface area contributed by atoms with Gasteiger partial charge in [0.05, 0.1) is 5.39 Å². The third kappa shape index (κ3) is 1.81. The number of nitrogen functional groups attached to an aromatic ring is 1. The average Bonchev–Trinajstić information content (AvgIpc) is 2.58. The predicted molar refractivity (Wildman–Crippen MR) is 65.3 cm³/mol. The maximum atomic E-state index is 5.92. The third-order valence-corrected chi connectivity index (χ3v) is 3.56. The molecule has 0 bridgehead atoms. The molecular formula is C11H15N3S. The SMILES string of the molecule is CCC(C)c1nc(N)c2cc(C)sc2n1. The van der Waals surface area contributed by atoms with E-state index in [1.54, 1.807) is 11.3 Å². The summed E-state index contributed by atoms with van der Waals surface area (Å²) in [6.07, 6.45) is 1.04. The summed E-state index contributed by atoms with van der Waals surface area (Å²) >= 11 is 1.68. The van der Waals surface area contributed by atoms with Crippen LogP contribution < -0.4 is 5.73 Å². The van der Waals surface area contributed by atoms with E-state index in [0.717, 1.165) is 22.5 Å². The number of anilines is 1. The highest BCUT2D eigenvalue weighted by Gasteiger charge is 2.11. The molecule has 2 N–H and O–H groups in total. The van der Waals surface area contributed by atoms with Crippen LogP contribution in [0.15, 0.2) is 6.07 Å². The minimum atomic E-state index is 0.374. The van der Waals surface area contributed by atoms with E-state index in [0.29, 0.717) is 11.7 Å². The molecule has 4 heteroatoms. The van der Waals surface area contributed by atoms with Crippen LogP contribution in [0.2, 0.25) is 0 Å². The average molecular weight is 221 g/mol. The number of hydrogen-bond acceptors (Lipinski definition) is 4. The summed E-state index contributed by atoms with van der Waals surface area (Å²) in [7, 11) is 0. The smallest absolute Gasteiger partial charge is 0.135 e. The lowest BCUT2D eigenvalue weighted by molar-refractivity contribution is 0.685. The lowest BCUT2D eigenvalue weighted by atomic mass is 10.1. The lowest BCUT2D eigenvalue weighted by Gasteiger charge is -2.07. The molecule has 0 aliphatic carbocycles. The van der Waals surface area contributed by atoms with Crippen LogP contribution in [0.3, 0.4) is 0 Å². The second-order valence-electron chi connectivity index (χ2n) is 3.85. The Morgan fingerprint density at radius 2 is 2.20 bits per heavy atom. The molecule has 2 heterocycles. The Bertz CT molecular complexity index is 490. The summed E-state index contributed by atoms with van der Waals surface area (Å²) in [5.41, 5.74) is 5.92. The van der Waals surface area contributed by atoms with Crippen LogP contribution in [0, 0.1) is 6.92 Å². The first-order chi connectivity index (χ1) is 7.11. The van der Waals surface area contributed by atoms with Crippen LogP contribution in [-0.2, 0) is 0 Å². The van der Waals surface area contributed by atoms with Crippen molar-refractivity contribution in [2.45, 2.75) is 33.1 Å². The predicted octanol–water partition coefficient (Wildman–Crippen LogP) is 3.10. The molecule has 0 aliphatic heterocycles. The summed E-state index contributed by atoms with van der Waals surface area (Å²) < 4.78 is 0. The van der Waals surface area contributed by atoms with Crippen molar-refractivity contribution in [3.05, 3.63) is 16.8 Å². The highest BCUT2D eigenvalue weighted by Crippen LogP contribution is 2.28. The van der Waals surface area contributed by atoms with Crippen molar-refractivity contribution in [1.29, 1.82) is 0 Å². The summed E-state index contributed by atoms with van der Waals surface area (Å²) in [4.78, 5) is 11.2. The van der Waals surface area contributed by atoms with Gasteiger partial charge in [0.25, 0.3) is 0 Å². The molecule has 0 aromatic carbocycles. The molecule has 1 atom stereocenters. The number of rotatable bonds is 2. The fraction of sp³-hybridized carbons (Fsp3) is 0.455. The third-order valence-electron chi connectivity index (χ3n) is 2.62. The maximum absolute atomic E-state index is 5.92. The summed E-state index contributed by atoms with van der Waals surface area (Å²) in [6.45, 7) is 6.32. The lowest BCUT2D eigenvalue weighted by Crippen LogP contribution is -2.02. The molecule has 0 amide bonds. The quantitative estimate of drug-likeness (QED) is 0.847. The topological polar surface area (TPSA) is 51.8 Å². The zero-order valence-corrected chi connectivity index (χ0v) is 10.1. The van der Waals surface area contributed by atoms with Gasteiger partial charge in [-0.2, -0.15) is 0 Å². The maximum Gasteiger partial charge on any atom is 0.135 e. The van der Waals surface area contributed by atoms with Gasteiger partial charge in [-0.3, -0.25) is 0 Å². The second kappa shape index (κ2) is 3.77. The van der Waals surface area contributed by atoms with Crippen LogP contribution in [0.5, 0.6) is 0 Å². The molecule has 2 aromatic rings. The van der Waals surface area contributed by atoms with Crippen LogP contribution >= 0.6 is 11.3 Å². The van der Waals surface area contributed by atoms with Gasteiger partial charge in [-0.15, -0.1) is 11.3 Å². The van der Waals surface area contributed by atoms with Gasteiger partial charge in [0.15, 0.2) is 0 Å². The van der Waals surface area contributed by atoms with Gasteiger partial charge in [-0.05, 0) is 19.4 Å². The molecule has 15 heavy (non-hydrogen) atoms. The van der Waals surface area contributed by atoms with Gasteiger partial charge in [0.1, 0.15) is 16.5 Å². The molecule has 0 spiro atoms. The van der Waals surface area contributed by atoms with Gasteiger partial charge < -0.3 is 5.73 Å². The summed E-state index contributed by atoms with van der Waals surface area (Å²) in [5, 5.41) is 0.990. The van der Waals surface area contributed by atoms with Crippen LogP contribution in [0.25, 0.3) is 10.2 Å². The van der Waals surface area contributed by atoms with E-state index in [2.05, 4.69) is 36.8 Å². The zero-order chi connectivity index (χ0) is 11.0. The van der Waals surface area contributed by atoms with Gasteiger partial charge in [-0.1, -0.05) is 13.8 Å². The zero-order valence-electron chi connectivity index (χ0n) is 9.24. The molecule has 3 nitrogen and oxygen atoms in total. The van der Waals surface area contributed by atoms with E-state index in [9.17, 15) is 0 Å². The highest BCUT2D eigenvalue weighted by molar-refractivity contribution is 7.18. The van der Waals surface area contributed by atoms with Gasteiger partial charge in [-0.25, -0.2) is 9.97 Å². The molecule has 2 aromatic heterocycles. The molecule has 0 saturated carbocycles. The number of fused-ring (bicyclic) bond motifs is 1. The van der Waals surface area contributed by atoms with Crippen molar-refractivity contribution in [3.8, 4) is 0 Å². The number of nitrogens with two attached hydrogens (primary N) is 1. The Morgan fingerprint density at radius 3 is 2.87 bits per heavy atom. The molecule has 2 rings (SSSR count). The Balaban J connectivity index is 2.61. The monoisotopic (exact) mass is 221 g/mol. The number of aromatic nitrogens is 2. The van der Waals surface area contributed by atoms with Crippen molar-refractivity contribution in [3.63, 3.8) is 0 Å². The first-order valence-electron chi connectivity index (χ1n) is 5.15. The normalized spacial score (nSPS) is 13.3. The summed E-state index contributed by atoms with van der Waals surface area (Å²) in [6, 6.07) is 2.05. The van der Waals surface area contributed by atoms with Gasteiger partial charge >= 0.3 is 0 Å². The minimum absolute atomic E-state index is 0.374. The Hall–Kier alpha value is -1.16. The standard InChI is InChI=1S/C11H15N3S/c1-4-6(2)10-13-9(12)8-5-7(3)15-11(8)14-10/h5-6H,4H2,1-3H3,(H2,12,13,14). The van der Waals surface area contributed by atoms with E-state index < -0.39 is 0 Å². The van der Waals surface area contributed by atoms with Crippen molar-refractivity contribution < 1.29 is 0 Å². The Labute approximate surface area is 93.4 Å². The molecule has 80 valence electrons. The van der Waals surface area contributed by atoms with E-state index in [4.69, 9.17) is 5.73 Å². The van der Waals surface area contributed by atoms with Crippen molar-refractivity contribution in [2.75, 3.05) is 5.73 Å². The minimum Gasteiger partial charge on any atom is -0.383 e. The number of nitrogens with zero attached hydrogens (tertiary/aromatic N) is 2. The Morgan fingerprint density at radius 1 is 1.47 bits per heavy atom. The van der Waals surface area contributed by atoms with Crippen LogP contribution in [0.4, 0.5) is 5.82 Å². The number of aryl methyl sites for hydroxylation is 1. The Kier molecular flexibility index (Phi) is 2.61. The molecule has 0 saturated heterocycles. The number of thiophene rings is 1. The van der Waals surface area contributed by atoms with E-state index in [1.807, 2.05) is 0 Å². The fourth-order valence-corrected chi connectivity index (χ4v) is 2.38. The molecular weight excluding hydrogens is 206 g/mol. The van der Waals surface area contributed by atoms with Crippen molar-refractivity contribution in [1.82, 2.24) is 9.97 Å². The molecule has 0 fully saturated rings.